The Kier molecular flexibility index (Phi) is 6.39. The highest BCUT2D eigenvalue weighted by Crippen LogP contribution is 2.29. The lowest BCUT2D eigenvalue weighted by molar-refractivity contribution is -0.108. The molecule has 1 aliphatic rings. The van der Waals surface area contributed by atoms with Crippen molar-refractivity contribution >= 4 is 18.3 Å². The van der Waals surface area contributed by atoms with Gasteiger partial charge in [-0.1, -0.05) is 30.3 Å². The number of amides is 4. The fourth-order valence-electron chi connectivity index (χ4n) is 3.93. The SMILES string of the molecule is CCOc1ccc2c(c1)C(=O)N(C[C@H](NC(=O)NC=O)c1ccc(-c3cnn(C)c3)cc1)C2. The summed E-state index contributed by atoms with van der Waals surface area (Å²) in [6.07, 6.45) is 4.02. The maximum atomic E-state index is 13.0. The van der Waals surface area contributed by atoms with Crippen molar-refractivity contribution in [1.29, 1.82) is 0 Å². The molecule has 4 rings (SSSR count). The molecule has 9 nitrogen and oxygen atoms in total. The molecule has 3 aromatic rings. The molecule has 0 saturated carbocycles. The number of fused-ring (bicyclic) bond motifs is 1. The first kappa shape index (κ1) is 22.1. The van der Waals surface area contributed by atoms with Crippen LogP contribution in [0.1, 0.15) is 34.5 Å². The van der Waals surface area contributed by atoms with Gasteiger partial charge in [-0.05, 0) is 35.7 Å². The lowest BCUT2D eigenvalue weighted by atomic mass is 10.0. The Hall–Kier alpha value is -4.14. The predicted octanol–water partition coefficient (Wildman–Crippen LogP) is 2.64. The van der Waals surface area contributed by atoms with Gasteiger partial charge in [-0.15, -0.1) is 0 Å². The van der Waals surface area contributed by atoms with Crippen molar-refractivity contribution < 1.29 is 19.1 Å². The lowest BCUT2D eigenvalue weighted by Gasteiger charge is -2.25. The van der Waals surface area contributed by atoms with Gasteiger partial charge < -0.3 is 15.0 Å². The van der Waals surface area contributed by atoms with Crippen molar-refractivity contribution in [2.24, 2.45) is 7.05 Å². The molecule has 0 spiro atoms. The van der Waals surface area contributed by atoms with E-state index in [9.17, 15) is 14.4 Å². The molecule has 170 valence electrons. The molecule has 0 radical (unpaired) electrons. The number of carbonyl (C=O) groups is 3. The van der Waals surface area contributed by atoms with Crippen molar-refractivity contribution in [2.45, 2.75) is 19.5 Å². The zero-order valence-electron chi connectivity index (χ0n) is 18.4. The minimum Gasteiger partial charge on any atom is -0.494 e. The number of hydrogen-bond acceptors (Lipinski definition) is 5. The van der Waals surface area contributed by atoms with E-state index in [1.165, 1.54) is 0 Å². The summed E-state index contributed by atoms with van der Waals surface area (Å²) < 4.78 is 7.25. The van der Waals surface area contributed by atoms with E-state index in [-0.39, 0.29) is 12.5 Å². The van der Waals surface area contributed by atoms with Crippen molar-refractivity contribution in [2.75, 3.05) is 13.2 Å². The summed E-state index contributed by atoms with van der Waals surface area (Å²) in [6, 6.07) is 12.0. The van der Waals surface area contributed by atoms with Gasteiger partial charge in [0.2, 0.25) is 6.41 Å². The van der Waals surface area contributed by atoms with Crippen LogP contribution in [0.4, 0.5) is 4.79 Å². The quantitative estimate of drug-likeness (QED) is 0.517. The highest BCUT2D eigenvalue weighted by Gasteiger charge is 2.30. The van der Waals surface area contributed by atoms with E-state index in [1.54, 1.807) is 21.8 Å². The highest BCUT2D eigenvalue weighted by atomic mass is 16.5. The predicted molar refractivity (Wildman–Crippen MR) is 121 cm³/mol. The maximum absolute atomic E-state index is 13.0. The van der Waals surface area contributed by atoms with E-state index in [0.717, 1.165) is 22.3 Å². The molecule has 0 bridgehead atoms. The van der Waals surface area contributed by atoms with Crippen LogP contribution in [0.2, 0.25) is 0 Å². The second-order valence-electron chi connectivity index (χ2n) is 7.75. The molecular formula is C24H25N5O4. The van der Waals surface area contributed by atoms with Gasteiger partial charge in [-0.3, -0.25) is 19.6 Å². The molecule has 4 amide bonds. The molecule has 9 heteroatoms. The molecule has 0 saturated heterocycles. The second-order valence-corrected chi connectivity index (χ2v) is 7.75. The normalized spacial score (nSPS) is 13.4. The molecule has 2 heterocycles. The van der Waals surface area contributed by atoms with Gasteiger partial charge in [0.1, 0.15) is 5.75 Å². The summed E-state index contributed by atoms with van der Waals surface area (Å²) in [7, 11) is 1.85. The minimum atomic E-state index is -0.630. The third-order valence-corrected chi connectivity index (χ3v) is 5.52. The first-order valence-corrected chi connectivity index (χ1v) is 10.6. The molecular weight excluding hydrogens is 422 g/mol. The van der Waals surface area contributed by atoms with Gasteiger partial charge in [0, 0.05) is 37.5 Å². The van der Waals surface area contributed by atoms with Crippen LogP contribution in [-0.4, -0.2) is 46.2 Å². The van der Waals surface area contributed by atoms with Gasteiger partial charge >= 0.3 is 6.03 Å². The molecule has 1 aromatic heterocycles. The summed E-state index contributed by atoms with van der Waals surface area (Å²) in [5, 5.41) is 9.08. The number of aryl methyl sites for hydroxylation is 1. The number of hydrogen-bond donors (Lipinski definition) is 2. The van der Waals surface area contributed by atoms with Crippen LogP contribution in [0.15, 0.2) is 54.9 Å². The van der Waals surface area contributed by atoms with Crippen LogP contribution in [-0.2, 0) is 18.4 Å². The Labute approximate surface area is 191 Å². The van der Waals surface area contributed by atoms with Crippen LogP contribution in [0, 0.1) is 0 Å². The Morgan fingerprint density at radius 2 is 2.00 bits per heavy atom. The summed E-state index contributed by atoms with van der Waals surface area (Å²) in [6.45, 7) is 3.09. The minimum absolute atomic E-state index is 0.124. The van der Waals surface area contributed by atoms with Gasteiger partial charge in [-0.2, -0.15) is 5.10 Å². The first-order chi connectivity index (χ1) is 16.0. The lowest BCUT2D eigenvalue weighted by Crippen LogP contribution is -2.42. The van der Waals surface area contributed by atoms with Crippen LogP contribution in [0.3, 0.4) is 0 Å². The Bertz CT molecular complexity index is 1170. The van der Waals surface area contributed by atoms with Gasteiger partial charge in [0.25, 0.3) is 5.91 Å². The van der Waals surface area contributed by atoms with E-state index in [2.05, 4.69) is 15.7 Å². The van der Waals surface area contributed by atoms with E-state index >= 15 is 0 Å². The maximum Gasteiger partial charge on any atom is 0.321 e. The smallest absolute Gasteiger partial charge is 0.321 e. The van der Waals surface area contributed by atoms with Crippen molar-refractivity contribution in [3.63, 3.8) is 0 Å². The summed E-state index contributed by atoms with van der Waals surface area (Å²) in [5.41, 5.74) is 4.27. The second kappa shape index (κ2) is 9.56. The standard InChI is InChI=1S/C24H25N5O4/c1-3-33-20-9-8-18-13-29(23(31)21(18)10-20)14-22(27-24(32)25-15-30)17-6-4-16(5-7-17)19-11-26-28(2)12-19/h4-12,15,22H,3,13-14H2,1-2H3,(H2,25,27,30,32)/t22-/m0/s1. The number of aromatic nitrogens is 2. The van der Waals surface area contributed by atoms with E-state index in [0.29, 0.717) is 30.9 Å². The Morgan fingerprint density at radius 3 is 2.67 bits per heavy atom. The van der Waals surface area contributed by atoms with Gasteiger partial charge in [0.15, 0.2) is 0 Å². The number of nitrogens with one attached hydrogen (secondary N) is 2. The van der Waals surface area contributed by atoms with Crippen molar-refractivity contribution in [1.82, 2.24) is 25.3 Å². The number of rotatable bonds is 8. The monoisotopic (exact) mass is 447 g/mol. The number of ether oxygens (including phenoxy) is 1. The topological polar surface area (TPSA) is 106 Å². The Balaban J connectivity index is 1.55. The van der Waals surface area contributed by atoms with Gasteiger partial charge in [-0.25, -0.2) is 4.79 Å². The average Bonchev–Trinajstić information content (AvgIpc) is 3.37. The summed E-state index contributed by atoms with van der Waals surface area (Å²) in [4.78, 5) is 37.6. The number of imide groups is 1. The van der Waals surface area contributed by atoms with E-state index in [4.69, 9.17) is 4.74 Å². The molecule has 2 N–H and O–H groups in total. The van der Waals surface area contributed by atoms with Crippen LogP contribution in [0.5, 0.6) is 5.75 Å². The number of urea groups is 1. The van der Waals surface area contributed by atoms with Crippen molar-refractivity contribution in [3.05, 3.63) is 71.5 Å². The van der Waals surface area contributed by atoms with Crippen LogP contribution >= 0.6 is 0 Å². The number of nitrogens with zero attached hydrogens (tertiary/aromatic N) is 3. The molecule has 0 fully saturated rings. The van der Waals surface area contributed by atoms with E-state index < -0.39 is 12.1 Å². The molecule has 2 aromatic carbocycles. The summed E-state index contributed by atoms with van der Waals surface area (Å²) in [5.74, 6) is 0.526. The Morgan fingerprint density at radius 1 is 1.21 bits per heavy atom. The molecule has 0 unspecified atom stereocenters. The highest BCUT2D eigenvalue weighted by molar-refractivity contribution is 5.98. The fraction of sp³-hybridized carbons (Fsp3) is 0.250. The van der Waals surface area contributed by atoms with Gasteiger partial charge in [0.05, 0.1) is 18.8 Å². The first-order valence-electron chi connectivity index (χ1n) is 10.6. The van der Waals surface area contributed by atoms with E-state index in [1.807, 2.05) is 56.6 Å². The summed E-state index contributed by atoms with van der Waals surface area (Å²) >= 11 is 0. The zero-order chi connectivity index (χ0) is 23.4. The third kappa shape index (κ3) is 4.87. The number of benzene rings is 2. The molecule has 1 atom stereocenters. The zero-order valence-corrected chi connectivity index (χ0v) is 18.4. The fourth-order valence-corrected chi connectivity index (χ4v) is 3.93. The average molecular weight is 447 g/mol. The molecule has 33 heavy (non-hydrogen) atoms. The van der Waals surface area contributed by atoms with Crippen LogP contribution < -0.4 is 15.4 Å². The largest absolute Gasteiger partial charge is 0.494 e. The third-order valence-electron chi connectivity index (χ3n) is 5.52. The van der Waals surface area contributed by atoms with Crippen molar-refractivity contribution in [3.8, 4) is 16.9 Å². The number of carbonyl (C=O) groups excluding carboxylic acids is 3. The van der Waals surface area contributed by atoms with Crippen LogP contribution in [0.25, 0.3) is 11.1 Å². The molecule has 1 aliphatic heterocycles. The molecule has 0 aliphatic carbocycles.